The highest BCUT2D eigenvalue weighted by molar-refractivity contribution is 7.19. The summed E-state index contributed by atoms with van der Waals surface area (Å²) < 4.78 is 4.64. The molecule has 1 rings (SSSR count). The van der Waals surface area contributed by atoms with Gasteiger partial charge < -0.3 is 21.1 Å². The number of esters is 1. The molecule has 1 amide bonds. The standard InChI is InChI=1S/C12H17N3O3S/c1-6(2)5-15-11-7(10(16)14-3)8(13)9(19-11)12(17)18-4/h15H,1,5,13H2,2-4H3,(H,14,16). The van der Waals surface area contributed by atoms with Crippen molar-refractivity contribution in [3.63, 3.8) is 0 Å². The number of rotatable bonds is 5. The van der Waals surface area contributed by atoms with Crippen LogP contribution in [0.2, 0.25) is 0 Å². The first-order chi connectivity index (χ1) is 8.92. The summed E-state index contributed by atoms with van der Waals surface area (Å²) in [5.74, 6) is -0.913. The molecule has 0 bridgehead atoms. The number of carbonyl (C=O) groups is 2. The zero-order valence-corrected chi connectivity index (χ0v) is 11.9. The van der Waals surface area contributed by atoms with Gasteiger partial charge in [0.25, 0.3) is 5.91 Å². The number of ether oxygens (including phenoxy) is 1. The first kappa shape index (κ1) is 15.0. The molecule has 0 aliphatic carbocycles. The van der Waals surface area contributed by atoms with E-state index in [0.717, 1.165) is 16.9 Å². The molecule has 0 saturated heterocycles. The van der Waals surface area contributed by atoms with Crippen molar-refractivity contribution in [2.45, 2.75) is 6.92 Å². The van der Waals surface area contributed by atoms with E-state index in [9.17, 15) is 9.59 Å². The first-order valence-corrected chi connectivity index (χ1v) is 6.34. The van der Waals surface area contributed by atoms with Crippen LogP contribution in [0.5, 0.6) is 0 Å². The molecule has 0 saturated carbocycles. The summed E-state index contributed by atoms with van der Waals surface area (Å²) in [5.41, 5.74) is 7.13. The molecule has 0 radical (unpaired) electrons. The number of nitrogens with one attached hydrogen (secondary N) is 2. The Morgan fingerprint density at radius 2 is 2.11 bits per heavy atom. The average molecular weight is 283 g/mol. The number of thiophene rings is 1. The molecule has 4 N–H and O–H groups in total. The van der Waals surface area contributed by atoms with E-state index in [1.54, 1.807) is 0 Å². The Labute approximate surface area is 115 Å². The molecule has 0 spiro atoms. The summed E-state index contributed by atoms with van der Waals surface area (Å²) in [6.45, 7) is 6.11. The smallest absolute Gasteiger partial charge is 0.350 e. The summed E-state index contributed by atoms with van der Waals surface area (Å²) in [4.78, 5) is 23.6. The van der Waals surface area contributed by atoms with Gasteiger partial charge in [0.1, 0.15) is 9.88 Å². The van der Waals surface area contributed by atoms with Gasteiger partial charge in [-0.05, 0) is 6.92 Å². The zero-order chi connectivity index (χ0) is 14.6. The van der Waals surface area contributed by atoms with Gasteiger partial charge in [-0.2, -0.15) is 0 Å². The van der Waals surface area contributed by atoms with Crippen molar-refractivity contribution in [1.29, 1.82) is 0 Å². The van der Waals surface area contributed by atoms with E-state index in [1.807, 2.05) is 6.92 Å². The minimum absolute atomic E-state index is 0.125. The van der Waals surface area contributed by atoms with Gasteiger partial charge in [-0.1, -0.05) is 12.2 Å². The number of nitrogens with two attached hydrogens (primary N) is 1. The fraction of sp³-hybridized carbons (Fsp3) is 0.333. The number of hydrogen-bond acceptors (Lipinski definition) is 6. The lowest BCUT2D eigenvalue weighted by molar-refractivity contribution is 0.0607. The van der Waals surface area contributed by atoms with Crippen molar-refractivity contribution in [2.75, 3.05) is 31.8 Å². The highest BCUT2D eigenvalue weighted by Gasteiger charge is 2.25. The van der Waals surface area contributed by atoms with Crippen LogP contribution < -0.4 is 16.4 Å². The van der Waals surface area contributed by atoms with E-state index in [4.69, 9.17) is 5.73 Å². The minimum Gasteiger partial charge on any atom is -0.465 e. The maximum absolute atomic E-state index is 11.8. The topological polar surface area (TPSA) is 93.4 Å². The van der Waals surface area contributed by atoms with Gasteiger partial charge in [0.2, 0.25) is 0 Å². The quantitative estimate of drug-likeness (QED) is 0.562. The molecule has 6 nitrogen and oxygen atoms in total. The van der Waals surface area contributed by atoms with Gasteiger partial charge in [-0.25, -0.2) is 4.79 Å². The molecular formula is C12H17N3O3S. The number of carbonyl (C=O) groups excluding carboxylic acids is 2. The number of nitrogen functional groups attached to an aromatic ring is 1. The van der Waals surface area contributed by atoms with Crippen LogP contribution in [0.4, 0.5) is 10.7 Å². The maximum Gasteiger partial charge on any atom is 0.350 e. The summed E-state index contributed by atoms with van der Waals surface area (Å²) >= 11 is 1.09. The number of hydrogen-bond donors (Lipinski definition) is 3. The third-order valence-electron chi connectivity index (χ3n) is 2.32. The van der Waals surface area contributed by atoms with E-state index in [-0.39, 0.29) is 22.0 Å². The Morgan fingerprint density at radius 1 is 1.47 bits per heavy atom. The normalized spacial score (nSPS) is 9.84. The summed E-state index contributed by atoms with van der Waals surface area (Å²) in [5, 5.41) is 6.06. The van der Waals surface area contributed by atoms with Crippen molar-refractivity contribution in [2.24, 2.45) is 0 Å². The summed E-state index contributed by atoms with van der Waals surface area (Å²) in [6.07, 6.45) is 0. The fourth-order valence-electron chi connectivity index (χ4n) is 1.39. The first-order valence-electron chi connectivity index (χ1n) is 5.53. The second-order valence-electron chi connectivity index (χ2n) is 3.93. The summed E-state index contributed by atoms with van der Waals surface area (Å²) in [7, 11) is 2.77. The van der Waals surface area contributed by atoms with Crippen LogP contribution in [0.1, 0.15) is 27.0 Å². The van der Waals surface area contributed by atoms with Crippen LogP contribution in [-0.4, -0.2) is 32.6 Å². The zero-order valence-electron chi connectivity index (χ0n) is 11.1. The average Bonchev–Trinajstić information content (AvgIpc) is 2.71. The molecule has 1 heterocycles. The highest BCUT2D eigenvalue weighted by Crippen LogP contribution is 2.36. The molecule has 104 valence electrons. The molecule has 1 aromatic heterocycles. The molecule has 0 unspecified atom stereocenters. The molecule has 7 heteroatoms. The highest BCUT2D eigenvalue weighted by atomic mass is 32.1. The van der Waals surface area contributed by atoms with E-state index >= 15 is 0 Å². The predicted molar refractivity (Wildman–Crippen MR) is 76.8 cm³/mol. The second kappa shape index (κ2) is 6.24. The van der Waals surface area contributed by atoms with Gasteiger partial charge >= 0.3 is 5.97 Å². The van der Waals surface area contributed by atoms with Crippen molar-refractivity contribution in [1.82, 2.24) is 5.32 Å². The Bertz CT molecular complexity index is 523. The number of amides is 1. The van der Waals surface area contributed by atoms with Crippen molar-refractivity contribution >= 4 is 33.9 Å². The SMILES string of the molecule is C=C(C)CNc1sc(C(=O)OC)c(N)c1C(=O)NC. The number of anilines is 2. The second-order valence-corrected chi connectivity index (χ2v) is 4.95. The van der Waals surface area contributed by atoms with Crippen LogP contribution in [0.3, 0.4) is 0 Å². The van der Waals surface area contributed by atoms with E-state index < -0.39 is 5.97 Å². The minimum atomic E-state index is -0.559. The van der Waals surface area contributed by atoms with Gasteiger partial charge in [-0.3, -0.25) is 4.79 Å². The molecule has 0 aliphatic heterocycles. The molecule has 0 fully saturated rings. The Kier molecular flexibility index (Phi) is 4.94. The van der Waals surface area contributed by atoms with Crippen LogP contribution in [0.15, 0.2) is 12.2 Å². The summed E-state index contributed by atoms with van der Waals surface area (Å²) in [6, 6.07) is 0. The van der Waals surface area contributed by atoms with Crippen LogP contribution in [0.25, 0.3) is 0 Å². The Morgan fingerprint density at radius 3 is 2.58 bits per heavy atom. The molecule has 19 heavy (non-hydrogen) atoms. The lowest BCUT2D eigenvalue weighted by Gasteiger charge is -2.06. The van der Waals surface area contributed by atoms with Crippen molar-refractivity contribution < 1.29 is 14.3 Å². The maximum atomic E-state index is 11.8. The van der Waals surface area contributed by atoms with Crippen molar-refractivity contribution in [3.8, 4) is 0 Å². The Balaban J connectivity index is 3.23. The monoisotopic (exact) mass is 283 g/mol. The lowest BCUT2D eigenvalue weighted by Crippen LogP contribution is -2.20. The Hall–Kier alpha value is -2.02. The third-order valence-corrected chi connectivity index (χ3v) is 3.46. The largest absolute Gasteiger partial charge is 0.465 e. The van der Waals surface area contributed by atoms with Crippen LogP contribution in [-0.2, 0) is 4.74 Å². The van der Waals surface area contributed by atoms with Gasteiger partial charge in [0, 0.05) is 13.6 Å². The van der Waals surface area contributed by atoms with Gasteiger partial charge in [-0.15, -0.1) is 11.3 Å². The molecule has 1 aromatic rings. The van der Waals surface area contributed by atoms with E-state index in [2.05, 4.69) is 21.9 Å². The molecule has 0 aromatic carbocycles. The van der Waals surface area contributed by atoms with Gasteiger partial charge in [0.15, 0.2) is 0 Å². The third kappa shape index (κ3) is 3.25. The lowest BCUT2D eigenvalue weighted by atomic mass is 10.2. The molecular weight excluding hydrogens is 266 g/mol. The molecule has 0 aliphatic rings. The van der Waals surface area contributed by atoms with Gasteiger partial charge in [0.05, 0.1) is 18.4 Å². The van der Waals surface area contributed by atoms with E-state index in [0.29, 0.717) is 11.5 Å². The fourth-order valence-corrected chi connectivity index (χ4v) is 2.43. The number of methoxy groups -OCH3 is 1. The van der Waals surface area contributed by atoms with E-state index in [1.165, 1.54) is 14.2 Å². The van der Waals surface area contributed by atoms with Crippen LogP contribution in [0, 0.1) is 0 Å². The van der Waals surface area contributed by atoms with Crippen LogP contribution >= 0.6 is 11.3 Å². The molecule has 0 atom stereocenters. The predicted octanol–water partition coefficient (Wildman–Crippen LogP) is 1.46. The van der Waals surface area contributed by atoms with Crippen molar-refractivity contribution in [3.05, 3.63) is 22.6 Å².